The lowest BCUT2D eigenvalue weighted by Crippen LogP contribution is -2.29. The van der Waals surface area contributed by atoms with Crippen molar-refractivity contribution in [1.82, 2.24) is 4.90 Å². The molecule has 0 spiro atoms. The van der Waals surface area contributed by atoms with Crippen molar-refractivity contribution in [3.05, 3.63) is 82.2 Å². The number of anilines is 1. The molecule has 3 aliphatic heterocycles. The number of carbonyl (C=O) groups is 1. The van der Waals surface area contributed by atoms with Crippen molar-refractivity contribution in [3.63, 3.8) is 0 Å². The number of amides is 1. The highest BCUT2D eigenvalue weighted by atomic mass is 32.2. The number of hydrogen-bond donors (Lipinski definition) is 0. The molecule has 0 atom stereocenters. The van der Waals surface area contributed by atoms with E-state index in [2.05, 4.69) is 4.90 Å². The molecule has 0 radical (unpaired) electrons. The third-order valence-corrected chi connectivity index (χ3v) is 8.46. The van der Waals surface area contributed by atoms with Crippen LogP contribution in [-0.2, 0) is 11.3 Å². The molecule has 0 saturated carbocycles. The summed E-state index contributed by atoms with van der Waals surface area (Å²) in [5.74, 6) is 2.10. The second-order valence-corrected chi connectivity index (χ2v) is 10.3. The SMILES string of the molecule is COc1ccc2c(c1)N(C)C(=C1SC(=Nc3ccc4c(c3)OCCO4)N(Cc3ccccc3)C1=O)S2. The van der Waals surface area contributed by atoms with E-state index in [1.807, 2.05) is 73.8 Å². The Morgan fingerprint density at radius 2 is 1.78 bits per heavy atom. The van der Waals surface area contributed by atoms with Crippen molar-refractivity contribution in [3.8, 4) is 17.2 Å². The van der Waals surface area contributed by atoms with E-state index in [1.54, 1.807) is 23.8 Å². The lowest BCUT2D eigenvalue weighted by atomic mass is 10.2. The summed E-state index contributed by atoms with van der Waals surface area (Å²) in [6, 6.07) is 21.5. The average Bonchev–Trinajstić information content (AvgIpc) is 3.40. The number of fused-ring (bicyclic) bond motifs is 2. The van der Waals surface area contributed by atoms with Crippen LogP contribution in [0.4, 0.5) is 11.4 Å². The molecule has 36 heavy (non-hydrogen) atoms. The molecule has 0 bridgehead atoms. The highest BCUT2D eigenvalue weighted by Gasteiger charge is 2.39. The van der Waals surface area contributed by atoms with E-state index in [1.165, 1.54) is 11.8 Å². The van der Waals surface area contributed by atoms with E-state index >= 15 is 0 Å². The topological polar surface area (TPSA) is 63.6 Å². The zero-order valence-corrected chi connectivity index (χ0v) is 21.4. The Morgan fingerprint density at radius 3 is 2.58 bits per heavy atom. The number of methoxy groups -OCH3 is 1. The third kappa shape index (κ3) is 4.18. The third-order valence-electron chi connectivity index (χ3n) is 6.03. The first-order valence-electron chi connectivity index (χ1n) is 11.5. The zero-order valence-electron chi connectivity index (χ0n) is 19.8. The Balaban J connectivity index is 1.39. The van der Waals surface area contributed by atoms with Gasteiger partial charge in [-0.05, 0) is 41.6 Å². The van der Waals surface area contributed by atoms with Gasteiger partial charge in [0.25, 0.3) is 5.91 Å². The summed E-state index contributed by atoms with van der Waals surface area (Å²) in [5.41, 5.74) is 2.76. The van der Waals surface area contributed by atoms with Crippen LogP contribution in [-0.4, -0.2) is 43.3 Å². The fourth-order valence-electron chi connectivity index (χ4n) is 4.19. The van der Waals surface area contributed by atoms with Crippen molar-refractivity contribution < 1.29 is 19.0 Å². The van der Waals surface area contributed by atoms with Crippen LogP contribution in [0.3, 0.4) is 0 Å². The van der Waals surface area contributed by atoms with Gasteiger partial charge in [-0.2, -0.15) is 0 Å². The molecule has 7 nitrogen and oxygen atoms in total. The van der Waals surface area contributed by atoms with Gasteiger partial charge in [0.05, 0.1) is 30.1 Å². The van der Waals surface area contributed by atoms with Crippen LogP contribution in [0.25, 0.3) is 0 Å². The van der Waals surface area contributed by atoms with Gasteiger partial charge in [0.1, 0.15) is 23.9 Å². The number of aliphatic imine (C=N–C) groups is 1. The quantitative estimate of drug-likeness (QED) is 0.415. The van der Waals surface area contributed by atoms with E-state index in [0.717, 1.165) is 26.9 Å². The molecule has 0 unspecified atom stereocenters. The minimum absolute atomic E-state index is 0.0609. The molecular formula is C27H23N3O4S2. The molecule has 1 amide bonds. The van der Waals surface area contributed by atoms with Crippen LogP contribution in [0.15, 0.2) is 86.6 Å². The molecule has 182 valence electrons. The van der Waals surface area contributed by atoms with Crippen molar-refractivity contribution in [2.45, 2.75) is 11.4 Å². The highest BCUT2D eigenvalue weighted by molar-refractivity contribution is 8.19. The zero-order chi connectivity index (χ0) is 24.6. The van der Waals surface area contributed by atoms with Gasteiger partial charge in [0.15, 0.2) is 16.7 Å². The molecule has 1 saturated heterocycles. The Bertz CT molecular complexity index is 1410. The largest absolute Gasteiger partial charge is 0.497 e. The maximum absolute atomic E-state index is 13.8. The maximum atomic E-state index is 13.8. The normalized spacial score (nSPS) is 19.7. The molecule has 1 fully saturated rings. The van der Waals surface area contributed by atoms with Crippen LogP contribution >= 0.6 is 23.5 Å². The average molecular weight is 518 g/mol. The second-order valence-electron chi connectivity index (χ2n) is 8.33. The smallest absolute Gasteiger partial charge is 0.269 e. The summed E-state index contributed by atoms with van der Waals surface area (Å²) in [6.07, 6.45) is 0. The van der Waals surface area contributed by atoms with Crippen LogP contribution in [0.2, 0.25) is 0 Å². The van der Waals surface area contributed by atoms with Gasteiger partial charge in [-0.25, -0.2) is 4.99 Å². The Hall–Kier alpha value is -3.56. The lowest BCUT2D eigenvalue weighted by Gasteiger charge is -2.19. The van der Waals surface area contributed by atoms with Crippen molar-refractivity contribution in [1.29, 1.82) is 0 Å². The molecule has 6 rings (SSSR count). The lowest BCUT2D eigenvalue weighted by molar-refractivity contribution is -0.122. The number of ether oxygens (including phenoxy) is 3. The van der Waals surface area contributed by atoms with E-state index in [9.17, 15) is 4.79 Å². The molecule has 3 aliphatic rings. The Morgan fingerprint density at radius 1 is 0.972 bits per heavy atom. The molecule has 0 aromatic heterocycles. The van der Waals surface area contributed by atoms with Gasteiger partial charge in [-0.3, -0.25) is 9.69 Å². The molecule has 0 aliphatic carbocycles. The molecular weight excluding hydrogens is 494 g/mol. The van der Waals surface area contributed by atoms with E-state index < -0.39 is 0 Å². The first-order chi connectivity index (χ1) is 17.6. The predicted molar refractivity (Wildman–Crippen MR) is 143 cm³/mol. The van der Waals surface area contributed by atoms with Gasteiger partial charge in [-0.15, -0.1) is 0 Å². The second kappa shape index (κ2) is 9.48. The van der Waals surface area contributed by atoms with Gasteiger partial charge in [0.2, 0.25) is 0 Å². The van der Waals surface area contributed by atoms with E-state index in [4.69, 9.17) is 19.2 Å². The number of nitrogens with zero attached hydrogens (tertiary/aromatic N) is 3. The van der Waals surface area contributed by atoms with Gasteiger partial charge in [0, 0.05) is 24.1 Å². The predicted octanol–water partition coefficient (Wildman–Crippen LogP) is 5.64. The molecule has 0 N–H and O–H groups in total. The Kier molecular flexibility index (Phi) is 6.02. The monoisotopic (exact) mass is 517 g/mol. The summed E-state index contributed by atoms with van der Waals surface area (Å²) < 4.78 is 16.8. The number of carbonyl (C=O) groups excluding carboxylic acids is 1. The number of rotatable bonds is 4. The Labute approximate surface area is 217 Å². The van der Waals surface area contributed by atoms with E-state index in [0.29, 0.717) is 47.0 Å². The van der Waals surface area contributed by atoms with Crippen LogP contribution in [0.1, 0.15) is 5.56 Å². The number of hydrogen-bond acceptors (Lipinski definition) is 8. The molecule has 3 aromatic rings. The summed E-state index contributed by atoms with van der Waals surface area (Å²) in [7, 11) is 3.63. The van der Waals surface area contributed by atoms with Crippen LogP contribution in [0.5, 0.6) is 17.2 Å². The highest BCUT2D eigenvalue weighted by Crippen LogP contribution is 2.51. The van der Waals surface area contributed by atoms with Crippen LogP contribution in [0, 0.1) is 0 Å². The number of amidine groups is 1. The summed E-state index contributed by atoms with van der Waals surface area (Å²) >= 11 is 2.99. The van der Waals surface area contributed by atoms with Crippen molar-refractivity contribution in [2.75, 3.05) is 32.3 Å². The standard InChI is InChI=1S/C27H23N3O4S2/c1-29-20-15-19(32-2)9-11-23(20)35-26(29)24-25(31)30(16-17-6-4-3-5-7-17)27(36-24)28-18-8-10-21-22(14-18)34-13-12-33-21/h3-11,14-15H,12-13,16H2,1-2H3. The molecule has 9 heteroatoms. The van der Waals surface area contributed by atoms with E-state index in [-0.39, 0.29) is 5.91 Å². The minimum Gasteiger partial charge on any atom is -0.497 e. The summed E-state index contributed by atoms with van der Waals surface area (Å²) in [4.78, 5) is 24.2. The summed E-state index contributed by atoms with van der Waals surface area (Å²) in [5, 5.41) is 1.52. The van der Waals surface area contributed by atoms with Gasteiger partial charge in [-0.1, -0.05) is 42.1 Å². The maximum Gasteiger partial charge on any atom is 0.269 e. The first-order valence-corrected chi connectivity index (χ1v) is 13.1. The summed E-state index contributed by atoms with van der Waals surface area (Å²) in [6.45, 7) is 1.47. The van der Waals surface area contributed by atoms with Crippen molar-refractivity contribution >= 4 is 46.0 Å². The first kappa shape index (κ1) is 22.9. The number of benzene rings is 3. The molecule has 3 heterocycles. The van der Waals surface area contributed by atoms with Crippen molar-refractivity contribution in [2.24, 2.45) is 4.99 Å². The van der Waals surface area contributed by atoms with Crippen LogP contribution < -0.4 is 19.1 Å². The van der Waals surface area contributed by atoms with Gasteiger partial charge < -0.3 is 19.1 Å². The fraction of sp³-hybridized carbons (Fsp3) is 0.185. The number of thioether (sulfide) groups is 2. The fourth-order valence-corrected chi connectivity index (χ4v) is 6.51. The van der Waals surface area contributed by atoms with Gasteiger partial charge >= 0.3 is 0 Å². The molecule has 3 aromatic carbocycles. The minimum atomic E-state index is -0.0609.